The van der Waals surface area contributed by atoms with E-state index in [4.69, 9.17) is 9.47 Å². The Morgan fingerprint density at radius 1 is 0.938 bits per heavy atom. The number of nitrogens with zero attached hydrogens (tertiary/aromatic N) is 1. The van der Waals surface area contributed by atoms with Gasteiger partial charge in [-0.1, -0.05) is 12.1 Å². The maximum Gasteiger partial charge on any atom is 0.416 e. The fourth-order valence-corrected chi connectivity index (χ4v) is 4.24. The zero-order valence-electron chi connectivity index (χ0n) is 16.1. The van der Waals surface area contributed by atoms with Gasteiger partial charge >= 0.3 is 6.18 Å². The molecule has 2 aromatic carbocycles. The van der Waals surface area contributed by atoms with Gasteiger partial charge in [0, 0.05) is 16.6 Å². The summed E-state index contributed by atoms with van der Waals surface area (Å²) in [4.78, 5) is 27.8. The molecule has 3 aromatic rings. The molecule has 2 aliphatic rings. The first-order valence-electron chi connectivity index (χ1n) is 9.34. The Kier molecular flexibility index (Phi) is 4.66. The second-order valence-corrected chi connectivity index (χ2v) is 7.86. The van der Waals surface area contributed by atoms with Crippen molar-refractivity contribution in [2.75, 3.05) is 17.0 Å². The van der Waals surface area contributed by atoms with Crippen LogP contribution in [0.25, 0.3) is 5.57 Å². The average molecular weight is 458 g/mol. The van der Waals surface area contributed by atoms with Crippen LogP contribution in [0.2, 0.25) is 0 Å². The molecule has 32 heavy (non-hydrogen) atoms. The predicted molar refractivity (Wildman–Crippen MR) is 111 cm³/mol. The molecular formula is C22H13F3N2O4S. The Bertz CT molecular complexity index is 1270. The number of anilines is 2. The van der Waals surface area contributed by atoms with Crippen LogP contribution in [-0.4, -0.2) is 18.6 Å². The van der Waals surface area contributed by atoms with Crippen molar-refractivity contribution in [1.82, 2.24) is 0 Å². The lowest BCUT2D eigenvalue weighted by molar-refractivity contribution is -0.137. The van der Waals surface area contributed by atoms with Gasteiger partial charge in [-0.05, 0) is 41.8 Å². The van der Waals surface area contributed by atoms with E-state index in [-0.39, 0.29) is 23.8 Å². The molecule has 0 unspecified atom stereocenters. The molecule has 6 nitrogen and oxygen atoms in total. The van der Waals surface area contributed by atoms with Crippen LogP contribution in [0.4, 0.5) is 24.5 Å². The monoisotopic (exact) mass is 458 g/mol. The molecule has 0 saturated carbocycles. The SMILES string of the molecule is O=C1C(Nc2ccc3c(c2)OCO3)=C(c2cccs2)C(=O)N1c1cccc(C(F)(F)F)c1. The molecule has 0 atom stereocenters. The van der Waals surface area contributed by atoms with Gasteiger partial charge < -0.3 is 14.8 Å². The first-order valence-corrected chi connectivity index (χ1v) is 10.2. The number of rotatable bonds is 4. The van der Waals surface area contributed by atoms with Gasteiger partial charge in [0.25, 0.3) is 11.8 Å². The second-order valence-electron chi connectivity index (χ2n) is 6.91. The molecule has 0 radical (unpaired) electrons. The minimum atomic E-state index is -4.61. The summed E-state index contributed by atoms with van der Waals surface area (Å²) < 4.78 is 50.2. The molecular weight excluding hydrogens is 445 g/mol. The maximum atomic E-state index is 13.3. The maximum absolute atomic E-state index is 13.3. The van der Waals surface area contributed by atoms with Crippen LogP contribution < -0.4 is 19.7 Å². The number of fused-ring (bicyclic) bond motifs is 1. The molecule has 0 aliphatic carbocycles. The number of benzene rings is 2. The molecule has 10 heteroatoms. The summed E-state index contributed by atoms with van der Waals surface area (Å²) in [6.45, 7) is 0.0721. The van der Waals surface area contributed by atoms with E-state index in [0.29, 0.717) is 22.1 Å². The van der Waals surface area contributed by atoms with Crippen LogP contribution in [-0.2, 0) is 15.8 Å². The van der Waals surface area contributed by atoms with Crippen molar-refractivity contribution in [2.45, 2.75) is 6.18 Å². The lowest BCUT2D eigenvalue weighted by atomic mass is 10.1. The van der Waals surface area contributed by atoms with Gasteiger partial charge in [-0.3, -0.25) is 9.59 Å². The molecule has 5 rings (SSSR count). The highest BCUT2D eigenvalue weighted by atomic mass is 32.1. The summed E-state index contributed by atoms with van der Waals surface area (Å²) in [5.74, 6) is -0.447. The Morgan fingerprint density at radius 2 is 1.75 bits per heavy atom. The van der Waals surface area contributed by atoms with Gasteiger partial charge in [0.05, 0.1) is 16.8 Å². The second kappa shape index (κ2) is 7.41. The number of amides is 2. The number of carbonyl (C=O) groups excluding carboxylic acids is 2. The van der Waals surface area contributed by atoms with Gasteiger partial charge in [-0.15, -0.1) is 11.3 Å². The highest BCUT2D eigenvalue weighted by Crippen LogP contribution is 2.39. The van der Waals surface area contributed by atoms with E-state index < -0.39 is 23.6 Å². The third-order valence-corrected chi connectivity index (χ3v) is 5.81. The van der Waals surface area contributed by atoms with Gasteiger partial charge in [-0.2, -0.15) is 13.2 Å². The number of hydrogen-bond donors (Lipinski definition) is 1. The van der Waals surface area contributed by atoms with Crippen molar-refractivity contribution in [2.24, 2.45) is 0 Å². The van der Waals surface area contributed by atoms with Crippen LogP contribution in [0, 0.1) is 0 Å². The summed E-state index contributed by atoms with van der Waals surface area (Å²) >= 11 is 1.24. The van der Waals surface area contributed by atoms with Crippen LogP contribution in [0.3, 0.4) is 0 Å². The van der Waals surface area contributed by atoms with Crippen molar-refractivity contribution in [3.05, 3.63) is 76.1 Å². The van der Waals surface area contributed by atoms with Crippen molar-refractivity contribution in [3.8, 4) is 11.5 Å². The number of halogens is 3. The third kappa shape index (κ3) is 3.38. The first-order chi connectivity index (χ1) is 15.3. The number of alkyl halides is 3. The zero-order valence-corrected chi connectivity index (χ0v) is 16.9. The molecule has 2 amide bonds. The molecule has 0 spiro atoms. The largest absolute Gasteiger partial charge is 0.454 e. The Balaban J connectivity index is 1.56. The number of nitrogens with one attached hydrogen (secondary N) is 1. The molecule has 0 bridgehead atoms. The van der Waals surface area contributed by atoms with E-state index in [2.05, 4.69) is 5.32 Å². The minimum Gasteiger partial charge on any atom is -0.454 e. The summed E-state index contributed by atoms with van der Waals surface area (Å²) in [5, 5.41) is 4.69. The smallest absolute Gasteiger partial charge is 0.416 e. The molecule has 1 aromatic heterocycles. The minimum absolute atomic E-state index is 0.0336. The Hall–Kier alpha value is -3.79. The Morgan fingerprint density at radius 3 is 2.50 bits per heavy atom. The van der Waals surface area contributed by atoms with Gasteiger partial charge in [-0.25, -0.2) is 4.90 Å². The van der Waals surface area contributed by atoms with Crippen LogP contribution in [0.1, 0.15) is 10.4 Å². The molecule has 3 heterocycles. The third-order valence-electron chi connectivity index (χ3n) is 4.93. The van der Waals surface area contributed by atoms with E-state index in [0.717, 1.165) is 23.1 Å². The molecule has 2 aliphatic heterocycles. The molecule has 0 saturated heterocycles. The summed E-state index contributed by atoms with van der Waals surface area (Å²) in [6.07, 6.45) is -4.61. The first kappa shape index (κ1) is 20.1. The molecule has 0 fully saturated rings. The quantitative estimate of drug-likeness (QED) is 0.564. The normalized spacial score (nSPS) is 15.7. The zero-order chi connectivity index (χ0) is 22.5. The van der Waals surface area contributed by atoms with Gasteiger partial charge in [0.1, 0.15) is 5.70 Å². The number of thiophene rings is 1. The number of carbonyl (C=O) groups is 2. The van der Waals surface area contributed by atoms with Crippen molar-refractivity contribution in [1.29, 1.82) is 0 Å². The fraction of sp³-hybridized carbons (Fsp3) is 0.0909. The number of imide groups is 1. The van der Waals surface area contributed by atoms with Gasteiger partial charge in [0.15, 0.2) is 11.5 Å². The molecule has 1 N–H and O–H groups in total. The molecule has 162 valence electrons. The van der Waals surface area contributed by atoms with Crippen LogP contribution in [0.15, 0.2) is 65.7 Å². The van der Waals surface area contributed by atoms with E-state index in [1.165, 1.54) is 17.4 Å². The van der Waals surface area contributed by atoms with Crippen molar-refractivity contribution >= 4 is 40.1 Å². The summed E-state index contributed by atoms with van der Waals surface area (Å²) in [6, 6.07) is 12.4. The van der Waals surface area contributed by atoms with Crippen LogP contribution in [0.5, 0.6) is 11.5 Å². The highest BCUT2D eigenvalue weighted by molar-refractivity contribution is 7.11. The fourth-order valence-electron chi connectivity index (χ4n) is 3.47. The highest BCUT2D eigenvalue weighted by Gasteiger charge is 2.41. The Labute approximate surface area is 183 Å². The summed E-state index contributed by atoms with van der Waals surface area (Å²) in [7, 11) is 0. The van der Waals surface area contributed by atoms with E-state index in [1.807, 2.05) is 0 Å². The number of hydrogen-bond acceptors (Lipinski definition) is 6. The lowest BCUT2D eigenvalue weighted by Gasteiger charge is -2.17. The van der Waals surface area contributed by atoms with Crippen molar-refractivity contribution in [3.63, 3.8) is 0 Å². The van der Waals surface area contributed by atoms with E-state index >= 15 is 0 Å². The van der Waals surface area contributed by atoms with E-state index in [1.54, 1.807) is 35.7 Å². The standard InChI is InChI=1S/C22H13F3N2O4S/c23-22(24,25)12-3-1-4-14(9-12)27-20(28)18(17-5-2-8-32-17)19(21(27)29)26-13-6-7-15-16(10-13)31-11-30-15/h1-10,26H,11H2. The topological polar surface area (TPSA) is 67.9 Å². The van der Waals surface area contributed by atoms with Crippen molar-refractivity contribution < 1.29 is 32.2 Å². The van der Waals surface area contributed by atoms with Crippen LogP contribution >= 0.6 is 11.3 Å². The van der Waals surface area contributed by atoms with Gasteiger partial charge in [0.2, 0.25) is 6.79 Å². The number of ether oxygens (including phenoxy) is 2. The predicted octanol–water partition coefficient (Wildman–Crippen LogP) is 4.89. The average Bonchev–Trinajstić information content (AvgIpc) is 3.48. The lowest BCUT2D eigenvalue weighted by Crippen LogP contribution is -2.32. The summed E-state index contributed by atoms with van der Waals surface area (Å²) in [5.41, 5.74) is -0.601. The van der Waals surface area contributed by atoms with E-state index in [9.17, 15) is 22.8 Å².